The van der Waals surface area contributed by atoms with Crippen LogP contribution in [0, 0.1) is 0 Å². The van der Waals surface area contributed by atoms with E-state index in [-0.39, 0.29) is 31.1 Å². The fourth-order valence-corrected chi connectivity index (χ4v) is 9.35. The van der Waals surface area contributed by atoms with Gasteiger partial charge in [-0.1, -0.05) is 304 Å². The maximum absolute atomic E-state index is 12.9. The van der Waals surface area contributed by atoms with Gasteiger partial charge < -0.3 is 14.2 Å². The Morgan fingerprint density at radius 2 is 0.494 bits per heavy atom. The highest BCUT2D eigenvalue weighted by Gasteiger charge is 2.19. The van der Waals surface area contributed by atoms with Gasteiger partial charge in [-0.3, -0.25) is 14.4 Å². The summed E-state index contributed by atoms with van der Waals surface area (Å²) in [4.78, 5) is 38.4. The summed E-state index contributed by atoms with van der Waals surface area (Å²) >= 11 is 0. The van der Waals surface area contributed by atoms with E-state index in [4.69, 9.17) is 14.2 Å². The van der Waals surface area contributed by atoms with E-state index in [1.54, 1.807) is 0 Å². The summed E-state index contributed by atoms with van der Waals surface area (Å²) in [7, 11) is 0. The largest absolute Gasteiger partial charge is 0.462 e. The van der Waals surface area contributed by atoms with Crippen molar-refractivity contribution in [2.45, 2.75) is 322 Å². The molecule has 0 aliphatic rings. The summed E-state index contributed by atoms with van der Waals surface area (Å²) in [6.45, 7) is 6.41. The molecule has 0 rings (SSSR count). The highest BCUT2D eigenvalue weighted by Crippen LogP contribution is 2.17. The van der Waals surface area contributed by atoms with E-state index in [1.165, 1.54) is 161 Å². The first kappa shape index (κ1) is 75.1. The lowest BCUT2D eigenvalue weighted by molar-refractivity contribution is -0.167. The van der Waals surface area contributed by atoms with Crippen LogP contribution in [0.15, 0.2) is 109 Å². The molecule has 6 heteroatoms. The summed E-state index contributed by atoms with van der Waals surface area (Å²) < 4.78 is 16.9. The molecule has 0 fully saturated rings. The quantitative estimate of drug-likeness (QED) is 0.0261. The predicted octanol–water partition coefficient (Wildman–Crippen LogP) is 23.0. The first-order valence-corrected chi connectivity index (χ1v) is 33.4. The standard InChI is InChI=1S/C73H124O6/c1-4-7-10-13-16-19-22-25-28-30-32-33-34-35-36-37-38-39-41-42-45-48-51-54-57-60-63-66-72(75)78-69-70(68-77-71(74)65-62-59-56-53-50-47-44-27-24-21-18-15-12-9-6-3)79-73(76)67-64-61-58-55-52-49-46-43-40-31-29-26-23-20-17-14-11-8-5-2/h7,9-10,12,16,18-19,21,25,27-28,32-33,35-36,44,50,53,70H,4-6,8,11,13-15,17,20,22-24,26,29-31,34,37-43,45-49,51-52,54-69H2,1-3H3/b10-7-,12-9-,19-16-,21-18-,28-25-,33-32-,36-35-,44-27-,53-50-. The van der Waals surface area contributed by atoms with E-state index in [9.17, 15) is 14.4 Å². The number of esters is 3. The monoisotopic (exact) mass is 1100 g/mol. The zero-order chi connectivity index (χ0) is 57.1. The highest BCUT2D eigenvalue weighted by molar-refractivity contribution is 5.71. The molecule has 0 spiro atoms. The van der Waals surface area contributed by atoms with Crippen LogP contribution in [0.2, 0.25) is 0 Å². The van der Waals surface area contributed by atoms with Crippen LogP contribution in [0.1, 0.15) is 316 Å². The molecule has 0 radical (unpaired) electrons. The first-order chi connectivity index (χ1) is 39.0. The molecule has 1 atom stereocenters. The molecule has 0 aromatic carbocycles. The number of carbonyl (C=O) groups excluding carboxylic acids is 3. The molecule has 0 aromatic heterocycles. The second kappa shape index (κ2) is 66.6. The van der Waals surface area contributed by atoms with Gasteiger partial charge in [-0.05, 0) is 103 Å². The fraction of sp³-hybridized carbons (Fsp3) is 0.712. The summed E-state index contributed by atoms with van der Waals surface area (Å²) in [5, 5.41) is 0. The molecule has 6 nitrogen and oxygen atoms in total. The van der Waals surface area contributed by atoms with Crippen molar-refractivity contribution in [3.63, 3.8) is 0 Å². The van der Waals surface area contributed by atoms with Crippen molar-refractivity contribution in [1.82, 2.24) is 0 Å². The second-order valence-corrected chi connectivity index (χ2v) is 22.0. The molecule has 0 aromatic rings. The number of unbranched alkanes of at least 4 members (excludes halogenated alkanes) is 31. The second-order valence-electron chi connectivity index (χ2n) is 22.0. The van der Waals surface area contributed by atoms with Crippen LogP contribution in [0.25, 0.3) is 0 Å². The van der Waals surface area contributed by atoms with Crippen molar-refractivity contribution in [3.05, 3.63) is 109 Å². The SMILES string of the molecule is CC/C=C\C/C=C\C/C=C\C/C=C\C/C=C\CCCCCCCCCCCCCC(=O)OCC(COC(=O)CCCC/C=C\C/C=C\C/C=C\C/C=C\CC)OC(=O)CCCCCCCCCCCCCCCCCCCCC. The summed E-state index contributed by atoms with van der Waals surface area (Å²) in [5.74, 6) is -0.924. The van der Waals surface area contributed by atoms with E-state index in [1.807, 2.05) is 0 Å². The summed E-state index contributed by atoms with van der Waals surface area (Å²) in [5.41, 5.74) is 0. The minimum atomic E-state index is -0.797. The van der Waals surface area contributed by atoms with Gasteiger partial charge in [0.15, 0.2) is 6.10 Å². The molecule has 0 aliphatic heterocycles. The number of hydrogen-bond acceptors (Lipinski definition) is 6. The Labute approximate surface area is 489 Å². The van der Waals surface area contributed by atoms with Gasteiger partial charge in [0.1, 0.15) is 13.2 Å². The maximum Gasteiger partial charge on any atom is 0.306 e. The summed E-state index contributed by atoms with van der Waals surface area (Å²) in [6, 6.07) is 0. The van der Waals surface area contributed by atoms with Crippen molar-refractivity contribution >= 4 is 17.9 Å². The molecule has 452 valence electrons. The lowest BCUT2D eigenvalue weighted by Crippen LogP contribution is -2.30. The van der Waals surface area contributed by atoms with E-state index in [0.717, 1.165) is 116 Å². The minimum Gasteiger partial charge on any atom is -0.462 e. The van der Waals surface area contributed by atoms with Gasteiger partial charge in [0.25, 0.3) is 0 Å². The lowest BCUT2D eigenvalue weighted by atomic mass is 10.0. The van der Waals surface area contributed by atoms with Crippen molar-refractivity contribution in [1.29, 1.82) is 0 Å². The molecule has 0 saturated heterocycles. The van der Waals surface area contributed by atoms with Crippen LogP contribution in [0.4, 0.5) is 0 Å². The highest BCUT2D eigenvalue weighted by atomic mass is 16.6. The third-order valence-corrected chi connectivity index (χ3v) is 14.3. The number of ether oxygens (including phenoxy) is 3. The number of carbonyl (C=O) groups is 3. The molecule has 0 amide bonds. The topological polar surface area (TPSA) is 78.9 Å². The van der Waals surface area contributed by atoms with E-state index in [2.05, 4.69) is 130 Å². The van der Waals surface area contributed by atoms with Gasteiger partial charge in [0, 0.05) is 19.3 Å². The van der Waals surface area contributed by atoms with Crippen molar-refractivity contribution in [2.24, 2.45) is 0 Å². The fourth-order valence-electron chi connectivity index (χ4n) is 9.35. The van der Waals surface area contributed by atoms with Gasteiger partial charge in [0.2, 0.25) is 0 Å². The number of allylic oxidation sites excluding steroid dienone is 18. The van der Waals surface area contributed by atoms with Crippen LogP contribution < -0.4 is 0 Å². The van der Waals surface area contributed by atoms with E-state index < -0.39 is 6.10 Å². The van der Waals surface area contributed by atoms with Crippen molar-refractivity contribution in [3.8, 4) is 0 Å². The van der Waals surface area contributed by atoms with E-state index in [0.29, 0.717) is 19.3 Å². The van der Waals surface area contributed by atoms with Crippen LogP contribution in [0.5, 0.6) is 0 Å². The van der Waals surface area contributed by atoms with Crippen molar-refractivity contribution < 1.29 is 28.6 Å². The van der Waals surface area contributed by atoms with Gasteiger partial charge in [-0.25, -0.2) is 0 Å². The first-order valence-electron chi connectivity index (χ1n) is 33.4. The molecule has 0 saturated carbocycles. The zero-order valence-corrected chi connectivity index (χ0v) is 51.9. The molecule has 1 unspecified atom stereocenters. The van der Waals surface area contributed by atoms with E-state index >= 15 is 0 Å². The van der Waals surface area contributed by atoms with Crippen LogP contribution in [-0.2, 0) is 28.6 Å². The van der Waals surface area contributed by atoms with Crippen LogP contribution >= 0.6 is 0 Å². The molecule has 0 N–H and O–H groups in total. The smallest absolute Gasteiger partial charge is 0.306 e. The molecule has 0 heterocycles. The minimum absolute atomic E-state index is 0.0910. The Hall–Kier alpha value is -3.93. The molecular weight excluding hydrogens is 973 g/mol. The molecule has 0 bridgehead atoms. The Bertz CT molecular complexity index is 1590. The lowest BCUT2D eigenvalue weighted by Gasteiger charge is -2.18. The van der Waals surface area contributed by atoms with Gasteiger partial charge in [-0.2, -0.15) is 0 Å². The molecular formula is C73H124O6. The average Bonchev–Trinajstić information content (AvgIpc) is 3.45. The predicted molar refractivity (Wildman–Crippen MR) is 343 cm³/mol. The zero-order valence-electron chi connectivity index (χ0n) is 51.9. The maximum atomic E-state index is 12.9. The van der Waals surface area contributed by atoms with Gasteiger partial charge >= 0.3 is 17.9 Å². The average molecular weight is 1100 g/mol. The molecule has 79 heavy (non-hydrogen) atoms. The Morgan fingerprint density at radius 1 is 0.266 bits per heavy atom. The normalized spacial score (nSPS) is 12.8. The number of hydrogen-bond donors (Lipinski definition) is 0. The third kappa shape index (κ3) is 64.8. The Balaban J connectivity index is 4.35. The van der Waals surface area contributed by atoms with Crippen molar-refractivity contribution in [2.75, 3.05) is 13.2 Å². The van der Waals surface area contributed by atoms with Crippen LogP contribution in [0.3, 0.4) is 0 Å². The number of rotatable bonds is 60. The van der Waals surface area contributed by atoms with Crippen LogP contribution in [-0.4, -0.2) is 37.2 Å². The third-order valence-electron chi connectivity index (χ3n) is 14.3. The van der Waals surface area contributed by atoms with Gasteiger partial charge in [0.05, 0.1) is 0 Å². The summed E-state index contributed by atoms with van der Waals surface area (Å²) in [6.07, 6.45) is 91.1. The molecule has 0 aliphatic carbocycles. The van der Waals surface area contributed by atoms with Gasteiger partial charge in [-0.15, -0.1) is 0 Å². The Morgan fingerprint density at radius 3 is 0.797 bits per heavy atom. The Kier molecular flexibility index (Phi) is 63.3.